The summed E-state index contributed by atoms with van der Waals surface area (Å²) >= 11 is 6.02. The first kappa shape index (κ1) is 28.9. The van der Waals surface area contributed by atoms with E-state index in [0.717, 1.165) is 44.0 Å². The minimum Gasteiger partial charge on any atom is -0.489 e. The highest BCUT2D eigenvalue weighted by molar-refractivity contribution is 6.29. The van der Waals surface area contributed by atoms with Gasteiger partial charge in [-0.25, -0.2) is 9.97 Å². The fourth-order valence-corrected chi connectivity index (χ4v) is 4.05. The Balaban J connectivity index is 0.000000262. The Morgan fingerprint density at radius 2 is 1.86 bits per heavy atom. The molecule has 0 unspecified atom stereocenters. The van der Waals surface area contributed by atoms with Gasteiger partial charge < -0.3 is 19.5 Å². The number of fused-ring (bicyclic) bond motifs is 1. The van der Waals surface area contributed by atoms with E-state index in [-0.39, 0.29) is 17.2 Å². The smallest absolute Gasteiger partial charge is 0.270 e. The first-order valence-electron chi connectivity index (χ1n) is 12.6. The van der Waals surface area contributed by atoms with E-state index < -0.39 is 0 Å². The van der Waals surface area contributed by atoms with E-state index in [1.54, 1.807) is 25.4 Å². The normalized spacial score (nSPS) is 12.7. The van der Waals surface area contributed by atoms with Crippen molar-refractivity contribution in [3.05, 3.63) is 51.5 Å². The lowest BCUT2D eigenvalue weighted by Gasteiger charge is -2.30. The van der Waals surface area contributed by atoms with Crippen LogP contribution < -0.4 is 20.5 Å². The Bertz CT molecular complexity index is 1210. The van der Waals surface area contributed by atoms with Crippen LogP contribution in [0.1, 0.15) is 59.4 Å². The van der Waals surface area contributed by atoms with Crippen LogP contribution in [0.25, 0.3) is 11.0 Å². The molecule has 0 atom stereocenters. The molecule has 36 heavy (non-hydrogen) atoms. The topological polar surface area (TPSA) is 96.1 Å². The van der Waals surface area contributed by atoms with Crippen LogP contribution in [-0.2, 0) is 7.05 Å². The van der Waals surface area contributed by atoms with E-state index in [9.17, 15) is 10.1 Å². The maximum Gasteiger partial charge on any atom is 0.270 e. The average molecular weight is 513 g/mol. The Kier molecular flexibility index (Phi) is 11.5. The molecule has 1 fully saturated rings. The fraction of sp³-hybridized carbons (Fsp3) is 0.481. The van der Waals surface area contributed by atoms with Gasteiger partial charge in [0.05, 0.1) is 23.5 Å². The summed E-state index contributed by atoms with van der Waals surface area (Å²) in [4.78, 5) is 23.1. The highest BCUT2D eigenvalue weighted by atomic mass is 35.5. The molecule has 8 nitrogen and oxygen atoms in total. The van der Waals surface area contributed by atoms with E-state index in [1.165, 1.54) is 11.0 Å². The highest BCUT2D eigenvalue weighted by Gasteiger charge is 2.23. The van der Waals surface area contributed by atoms with Crippen molar-refractivity contribution >= 4 is 34.1 Å². The zero-order valence-corrected chi connectivity index (χ0v) is 22.9. The van der Waals surface area contributed by atoms with Crippen LogP contribution in [-0.4, -0.2) is 40.3 Å². The Morgan fingerprint density at radius 3 is 2.42 bits per heavy atom. The zero-order valence-electron chi connectivity index (χ0n) is 22.1. The molecule has 0 radical (unpaired) electrons. The SMILES string of the molecule is CC.CCNc1ccc(OC(C)C)cn1.Cn1c(=O)c(C#N)c(N2CCCCC2)c2nc(Cl)ccc21. The van der Waals surface area contributed by atoms with Gasteiger partial charge in [-0.1, -0.05) is 25.4 Å². The van der Waals surface area contributed by atoms with Crippen LogP contribution >= 0.6 is 11.6 Å². The molecule has 0 aliphatic carbocycles. The van der Waals surface area contributed by atoms with E-state index in [1.807, 2.05) is 46.8 Å². The first-order chi connectivity index (χ1) is 17.3. The predicted octanol–water partition coefficient (Wildman–Crippen LogP) is 5.78. The van der Waals surface area contributed by atoms with Crippen molar-refractivity contribution in [1.82, 2.24) is 14.5 Å². The number of ether oxygens (including phenoxy) is 1. The molecule has 1 aliphatic heterocycles. The van der Waals surface area contributed by atoms with Gasteiger partial charge in [0.2, 0.25) is 0 Å². The lowest BCUT2D eigenvalue weighted by Crippen LogP contribution is -2.33. The van der Waals surface area contributed by atoms with E-state index in [0.29, 0.717) is 21.9 Å². The van der Waals surface area contributed by atoms with Crippen molar-refractivity contribution in [1.29, 1.82) is 5.26 Å². The number of piperidine rings is 1. The summed E-state index contributed by atoms with van der Waals surface area (Å²) in [5.41, 5.74) is 1.83. The second-order valence-corrected chi connectivity index (χ2v) is 8.71. The molecule has 9 heteroatoms. The van der Waals surface area contributed by atoms with Crippen molar-refractivity contribution in [3.8, 4) is 11.8 Å². The first-order valence-corrected chi connectivity index (χ1v) is 12.9. The van der Waals surface area contributed by atoms with Crippen LogP contribution in [0.2, 0.25) is 5.15 Å². The molecule has 1 N–H and O–H groups in total. The molecule has 1 saturated heterocycles. The largest absolute Gasteiger partial charge is 0.489 e. The number of nitrogens with one attached hydrogen (secondary N) is 1. The number of hydrogen-bond acceptors (Lipinski definition) is 7. The maximum atomic E-state index is 12.4. The summed E-state index contributed by atoms with van der Waals surface area (Å²) in [5, 5.41) is 12.9. The fourth-order valence-electron chi connectivity index (χ4n) is 3.90. The third-order valence-corrected chi connectivity index (χ3v) is 5.64. The molecule has 0 spiro atoms. The summed E-state index contributed by atoms with van der Waals surface area (Å²) in [6.45, 7) is 12.6. The number of halogens is 1. The standard InChI is InChI=1S/C15H15ClN4O.C10H16N2O.C2H6/c1-19-11-5-6-12(16)18-13(11)14(10(9-17)15(19)21)20-7-3-2-4-8-20;1-4-11-10-6-5-9(7-12-10)13-8(2)3;1-2/h5-6H,2-4,7-8H2,1H3;5-8H,4H2,1-3H3,(H,11,12);1-2H3. The van der Waals surface area contributed by atoms with E-state index >= 15 is 0 Å². The monoisotopic (exact) mass is 512 g/mol. The number of aromatic nitrogens is 3. The number of aryl methyl sites for hydroxylation is 1. The molecule has 194 valence electrons. The Labute approximate surface area is 218 Å². The third-order valence-electron chi connectivity index (χ3n) is 5.43. The van der Waals surface area contributed by atoms with Gasteiger partial charge in [-0.05, 0) is 64.3 Å². The molecule has 1 aliphatic rings. The lowest BCUT2D eigenvalue weighted by atomic mass is 10.1. The number of nitriles is 1. The summed E-state index contributed by atoms with van der Waals surface area (Å²) in [6, 6.07) is 9.34. The molecule has 0 saturated carbocycles. The van der Waals surface area contributed by atoms with Gasteiger partial charge in [0.1, 0.15) is 33.9 Å². The van der Waals surface area contributed by atoms with Crippen molar-refractivity contribution in [2.24, 2.45) is 7.05 Å². The second kappa shape index (κ2) is 14.3. The van der Waals surface area contributed by atoms with Gasteiger partial charge in [-0.2, -0.15) is 5.26 Å². The summed E-state index contributed by atoms with van der Waals surface area (Å²) in [5.74, 6) is 1.70. The Hall–Kier alpha value is -3.31. The average Bonchev–Trinajstić information content (AvgIpc) is 2.89. The van der Waals surface area contributed by atoms with Crippen LogP contribution in [0.4, 0.5) is 11.5 Å². The van der Waals surface area contributed by atoms with Gasteiger partial charge in [0, 0.05) is 26.7 Å². The van der Waals surface area contributed by atoms with Crippen LogP contribution in [0, 0.1) is 11.3 Å². The quantitative estimate of drug-likeness (QED) is 0.433. The van der Waals surface area contributed by atoms with Crippen LogP contribution in [0.5, 0.6) is 5.75 Å². The molecule has 0 amide bonds. The summed E-state index contributed by atoms with van der Waals surface area (Å²) in [6.07, 6.45) is 5.23. The lowest BCUT2D eigenvalue weighted by molar-refractivity contribution is 0.241. The van der Waals surface area contributed by atoms with Crippen molar-refractivity contribution in [2.75, 3.05) is 29.9 Å². The van der Waals surface area contributed by atoms with E-state index in [4.69, 9.17) is 16.3 Å². The molecule has 3 aromatic heterocycles. The molecule has 4 heterocycles. The third kappa shape index (κ3) is 7.34. The van der Waals surface area contributed by atoms with Crippen LogP contribution in [0.3, 0.4) is 0 Å². The highest BCUT2D eigenvalue weighted by Crippen LogP contribution is 2.30. The molecule has 3 aromatic rings. The van der Waals surface area contributed by atoms with Gasteiger partial charge in [-0.15, -0.1) is 0 Å². The molecular formula is C27H37ClN6O2. The van der Waals surface area contributed by atoms with Gasteiger partial charge in [-0.3, -0.25) is 4.79 Å². The van der Waals surface area contributed by atoms with Gasteiger partial charge in [0.15, 0.2) is 0 Å². The number of rotatable bonds is 5. The van der Waals surface area contributed by atoms with Gasteiger partial charge >= 0.3 is 0 Å². The number of nitrogens with zero attached hydrogens (tertiary/aromatic N) is 5. The second-order valence-electron chi connectivity index (χ2n) is 8.33. The molecule has 0 bridgehead atoms. The van der Waals surface area contributed by atoms with E-state index in [2.05, 4.69) is 26.3 Å². The minimum absolute atomic E-state index is 0.154. The number of hydrogen-bond donors (Lipinski definition) is 1. The van der Waals surface area contributed by atoms with Crippen molar-refractivity contribution in [3.63, 3.8) is 0 Å². The van der Waals surface area contributed by atoms with Gasteiger partial charge in [0.25, 0.3) is 5.56 Å². The number of pyridine rings is 3. The van der Waals surface area contributed by atoms with Crippen LogP contribution in [0.15, 0.2) is 35.3 Å². The Morgan fingerprint density at radius 1 is 1.17 bits per heavy atom. The maximum absolute atomic E-state index is 12.4. The predicted molar refractivity (Wildman–Crippen MR) is 148 cm³/mol. The number of anilines is 2. The van der Waals surface area contributed by atoms with Crippen molar-refractivity contribution in [2.45, 2.75) is 60.0 Å². The van der Waals surface area contributed by atoms with Crippen molar-refractivity contribution < 1.29 is 4.74 Å². The minimum atomic E-state index is -0.283. The summed E-state index contributed by atoms with van der Waals surface area (Å²) < 4.78 is 6.92. The summed E-state index contributed by atoms with van der Waals surface area (Å²) in [7, 11) is 1.65. The molecular weight excluding hydrogens is 476 g/mol. The zero-order chi connectivity index (χ0) is 26.7. The molecule has 0 aromatic carbocycles. The molecule has 4 rings (SSSR count).